The van der Waals surface area contributed by atoms with E-state index in [4.69, 9.17) is 23.2 Å². The first kappa shape index (κ1) is 23.5. The summed E-state index contributed by atoms with van der Waals surface area (Å²) in [6, 6.07) is 16.0. The monoisotopic (exact) mass is 510 g/mol. The second-order valence-electron chi connectivity index (χ2n) is 7.18. The number of nitrogens with zero attached hydrogens (tertiary/aromatic N) is 1. The molecule has 3 aromatic rings. The summed E-state index contributed by atoms with van der Waals surface area (Å²) in [5.74, 6) is -0.415. The zero-order valence-corrected chi connectivity index (χ0v) is 19.0. The molecule has 1 saturated heterocycles. The minimum Gasteiger partial charge on any atom is -0.322 e. The number of carbonyl (C=O) groups excluding carboxylic acids is 2. The van der Waals surface area contributed by atoms with Gasteiger partial charge in [-0.15, -0.1) is 11.8 Å². The van der Waals surface area contributed by atoms with Gasteiger partial charge in [0.05, 0.1) is 21.4 Å². The number of carbonyl (C=O) groups is 2. The van der Waals surface area contributed by atoms with Gasteiger partial charge in [0.1, 0.15) is 5.37 Å². The van der Waals surface area contributed by atoms with Crippen LogP contribution in [-0.4, -0.2) is 17.6 Å². The van der Waals surface area contributed by atoms with Crippen molar-refractivity contribution >= 4 is 58.2 Å². The highest BCUT2D eigenvalue weighted by Gasteiger charge is 2.35. The third-order valence-electron chi connectivity index (χ3n) is 4.95. The van der Waals surface area contributed by atoms with Gasteiger partial charge < -0.3 is 5.32 Å². The predicted molar refractivity (Wildman–Crippen MR) is 125 cm³/mol. The van der Waals surface area contributed by atoms with Crippen LogP contribution in [0, 0.1) is 0 Å². The van der Waals surface area contributed by atoms with Crippen molar-refractivity contribution in [2.24, 2.45) is 0 Å². The second kappa shape index (κ2) is 9.29. The van der Waals surface area contributed by atoms with E-state index in [9.17, 15) is 22.8 Å². The van der Waals surface area contributed by atoms with Crippen LogP contribution in [0.5, 0.6) is 0 Å². The number of amides is 2. The molecule has 0 aromatic heterocycles. The highest BCUT2D eigenvalue weighted by atomic mass is 35.5. The van der Waals surface area contributed by atoms with Crippen LogP contribution in [0.1, 0.15) is 26.9 Å². The van der Waals surface area contributed by atoms with E-state index in [1.165, 1.54) is 40.9 Å². The Labute approximate surface area is 201 Å². The van der Waals surface area contributed by atoms with Gasteiger partial charge in [0.25, 0.3) is 5.91 Å². The Morgan fingerprint density at radius 2 is 1.73 bits per heavy atom. The molecule has 2 amide bonds. The van der Waals surface area contributed by atoms with Gasteiger partial charge in [0, 0.05) is 16.9 Å². The van der Waals surface area contributed by atoms with E-state index in [2.05, 4.69) is 5.32 Å². The Morgan fingerprint density at radius 1 is 1.00 bits per heavy atom. The summed E-state index contributed by atoms with van der Waals surface area (Å²) < 4.78 is 38.7. The maximum atomic E-state index is 12.9. The molecule has 1 N–H and O–H groups in total. The molecule has 1 atom stereocenters. The van der Waals surface area contributed by atoms with Gasteiger partial charge >= 0.3 is 6.18 Å². The van der Waals surface area contributed by atoms with Crippen LogP contribution in [0.3, 0.4) is 0 Å². The molecule has 0 bridgehead atoms. The van der Waals surface area contributed by atoms with Crippen molar-refractivity contribution < 1.29 is 22.8 Å². The number of rotatable bonds is 4. The van der Waals surface area contributed by atoms with E-state index < -0.39 is 17.1 Å². The molecule has 4 rings (SSSR count). The number of nitrogens with one attached hydrogen (secondary N) is 1. The summed E-state index contributed by atoms with van der Waals surface area (Å²) in [7, 11) is 0. The summed E-state index contributed by atoms with van der Waals surface area (Å²) in [5.41, 5.74) is 1.13. The van der Waals surface area contributed by atoms with Crippen molar-refractivity contribution in [3.8, 4) is 0 Å². The average molecular weight is 511 g/mol. The molecule has 10 heteroatoms. The van der Waals surface area contributed by atoms with Gasteiger partial charge in [-0.1, -0.05) is 35.3 Å². The number of halogens is 5. The highest BCUT2D eigenvalue weighted by molar-refractivity contribution is 8.00. The van der Waals surface area contributed by atoms with E-state index in [1.807, 2.05) is 0 Å². The van der Waals surface area contributed by atoms with Crippen LogP contribution in [0.2, 0.25) is 10.0 Å². The Morgan fingerprint density at radius 3 is 2.39 bits per heavy atom. The van der Waals surface area contributed by atoms with Crippen molar-refractivity contribution in [3.63, 3.8) is 0 Å². The van der Waals surface area contributed by atoms with Crippen molar-refractivity contribution in [2.75, 3.05) is 16.0 Å². The maximum absolute atomic E-state index is 12.9. The summed E-state index contributed by atoms with van der Waals surface area (Å²) in [4.78, 5) is 26.6. The number of anilines is 2. The minimum absolute atomic E-state index is 0.186. The maximum Gasteiger partial charge on any atom is 0.416 e. The van der Waals surface area contributed by atoms with E-state index in [0.29, 0.717) is 22.0 Å². The van der Waals surface area contributed by atoms with E-state index in [-0.39, 0.29) is 22.6 Å². The molecule has 33 heavy (non-hydrogen) atoms. The number of thioether (sulfide) groups is 1. The van der Waals surface area contributed by atoms with Gasteiger partial charge in [0.15, 0.2) is 0 Å². The summed E-state index contributed by atoms with van der Waals surface area (Å²) >= 11 is 13.2. The van der Waals surface area contributed by atoms with Crippen molar-refractivity contribution in [1.29, 1.82) is 0 Å². The lowest BCUT2D eigenvalue weighted by molar-refractivity contribution is -0.137. The molecule has 3 aromatic carbocycles. The highest BCUT2D eigenvalue weighted by Crippen LogP contribution is 2.43. The van der Waals surface area contributed by atoms with Crippen LogP contribution in [-0.2, 0) is 11.0 Å². The van der Waals surface area contributed by atoms with Crippen molar-refractivity contribution in [3.05, 3.63) is 93.5 Å². The van der Waals surface area contributed by atoms with Crippen molar-refractivity contribution in [1.82, 2.24) is 0 Å². The lowest BCUT2D eigenvalue weighted by Crippen LogP contribution is -2.28. The number of benzene rings is 3. The van der Waals surface area contributed by atoms with Gasteiger partial charge in [-0.2, -0.15) is 13.2 Å². The first-order chi connectivity index (χ1) is 15.6. The molecular formula is C23H15Cl2F3N2O2S. The third-order valence-corrected chi connectivity index (χ3v) is 6.90. The molecule has 0 saturated carbocycles. The largest absolute Gasteiger partial charge is 0.416 e. The molecular weight excluding hydrogens is 496 g/mol. The molecule has 1 fully saturated rings. The fourth-order valence-corrected chi connectivity index (χ4v) is 4.84. The molecule has 1 aliphatic rings. The van der Waals surface area contributed by atoms with Gasteiger partial charge in [-0.05, 0) is 60.2 Å². The lowest BCUT2D eigenvalue weighted by Gasteiger charge is -2.25. The third kappa shape index (κ3) is 5.13. The van der Waals surface area contributed by atoms with Crippen molar-refractivity contribution in [2.45, 2.75) is 11.6 Å². The Balaban J connectivity index is 1.57. The lowest BCUT2D eigenvalue weighted by atomic mass is 10.1. The number of alkyl halides is 3. The zero-order valence-electron chi connectivity index (χ0n) is 16.7. The molecule has 0 aliphatic carbocycles. The number of hydrogen-bond donors (Lipinski definition) is 1. The van der Waals surface area contributed by atoms with Crippen LogP contribution in [0.4, 0.5) is 24.5 Å². The molecule has 4 nitrogen and oxygen atoms in total. The van der Waals surface area contributed by atoms with E-state index >= 15 is 0 Å². The first-order valence-electron chi connectivity index (χ1n) is 9.61. The second-order valence-corrected chi connectivity index (χ2v) is 9.06. The van der Waals surface area contributed by atoms with E-state index in [1.54, 1.807) is 30.3 Å². The quantitative estimate of drug-likeness (QED) is 0.409. The minimum atomic E-state index is -4.46. The smallest absolute Gasteiger partial charge is 0.322 e. The van der Waals surface area contributed by atoms with E-state index in [0.717, 1.165) is 17.7 Å². The molecule has 1 heterocycles. The molecule has 170 valence electrons. The van der Waals surface area contributed by atoms with Crippen LogP contribution in [0.15, 0.2) is 66.7 Å². The molecule has 0 spiro atoms. The van der Waals surface area contributed by atoms with Crippen LogP contribution in [0.25, 0.3) is 0 Å². The Hall–Kier alpha value is -2.68. The molecule has 1 aliphatic heterocycles. The fraction of sp³-hybridized carbons (Fsp3) is 0.130. The standard InChI is InChI=1S/C23H15Cl2F3N2O2S/c24-18-9-4-13(11-19(18)25)21(32)29-16-3-1-2-14(10-16)22-30(20(31)12-33-22)17-7-5-15(6-8-17)23(26,27)28/h1-11,22H,12H2,(H,29,32)/t22-/m0/s1. The van der Waals surface area contributed by atoms with Crippen LogP contribution < -0.4 is 10.2 Å². The zero-order chi connectivity index (χ0) is 23.8. The topological polar surface area (TPSA) is 49.4 Å². The first-order valence-corrected chi connectivity index (χ1v) is 11.4. The Kier molecular flexibility index (Phi) is 6.61. The average Bonchev–Trinajstić information content (AvgIpc) is 3.16. The molecule has 0 radical (unpaired) electrons. The fourth-order valence-electron chi connectivity index (χ4n) is 3.37. The van der Waals surface area contributed by atoms with Crippen LogP contribution >= 0.6 is 35.0 Å². The summed E-state index contributed by atoms with van der Waals surface area (Å²) in [6.45, 7) is 0. The molecule has 0 unspecified atom stereocenters. The predicted octanol–water partition coefficient (Wildman–Crippen LogP) is 7.04. The summed E-state index contributed by atoms with van der Waals surface area (Å²) in [6.07, 6.45) is -4.46. The number of hydrogen-bond acceptors (Lipinski definition) is 3. The normalized spacial score (nSPS) is 16.2. The van der Waals surface area contributed by atoms with Gasteiger partial charge in [-0.3, -0.25) is 14.5 Å². The Bertz CT molecular complexity index is 1220. The van der Waals surface area contributed by atoms with Gasteiger partial charge in [0.2, 0.25) is 5.91 Å². The summed E-state index contributed by atoms with van der Waals surface area (Å²) in [5, 5.41) is 2.92. The SMILES string of the molecule is O=C(Nc1cccc([C@@H]2SCC(=O)N2c2ccc(C(F)(F)F)cc2)c1)c1ccc(Cl)c(Cl)c1. The van der Waals surface area contributed by atoms with Gasteiger partial charge in [-0.25, -0.2) is 0 Å².